The van der Waals surface area contributed by atoms with E-state index in [1.165, 1.54) is 29.7 Å². The fraction of sp³-hybridized carbons (Fsp3) is 0.300. The Morgan fingerprint density at radius 2 is 1.81 bits per heavy atom. The predicted octanol–water partition coefficient (Wildman–Crippen LogP) is 5.20. The minimum Gasteiger partial charge on any atom is -0.508 e. The van der Waals surface area contributed by atoms with Crippen LogP contribution in [0.5, 0.6) is 11.5 Å². The first-order chi connectivity index (χ1) is 12.7. The molecule has 1 aromatic heterocycles. The number of rotatable bonds is 2. The van der Waals surface area contributed by atoms with Crippen LogP contribution in [0.1, 0.15) is 38.1 Å². The normalized spacial score (nSPS) is 22.1. The summed E-state index contributed by atoms with van der Waals surface area (Å²) in [6, 6.07) is 8.43. The van der Waals surface area contributed by atoms with E-state index in [0.717, 1.165) is 4.88 Å². The van der Waals surface area contributed by atoms with Crippen molar-refractivity contribution in [3.8, 4) is 11.5 Å². The molecule has 4 rings (SSSR count). The van der Waals surface area contributed by atoms with Crippen LogP contribution in [0.2, 0.25) is 0 Å². The molecule has 0 bridgehead atoms. The molecule has 0 aliphatic carbocycles. The quantitative estimate of drug-likeness (QED) is 0.721. The van der Waals surface area contributed by atoms with E-state index >= 15 is 4.39 Å². The standard InChI is InChI=1S/C20H20BFO4S/c1-19(2)20(3,4)26-21(25-19)18(22)17-13-8-7-12(23)10-15(13)24-11-14(17)16-6-5-9-27-16/h5-11,23H,1-4H3. The summed E-state index contributed by atoms with van der Waals surface area (Å²) in [5, 5.41) is 11.7. The number of phenolic OH excluding ortho intramolecular Hbond substituents is 1. The number of allylic oxidation sites excluding steroid dienone is 2. The SMILES string of the molecule is CC1(C)OB(C(F)=C2C(c3cccs3)=COc3cc(O)ccc32)OC1(C)C. The number of halogens is 1. The van der Waals surface area contributed by atoms with Crippen LogP contribution in [0.25, 0.3) is 11.1 Å². The zero-order chi connectivity index (χ0) is 19.4. The van der Waals surface area contributed by atoms with Crippen LogP contribution >= 0.6 is 11.3 Å². The molecule has 0 unspecified atom stereocenters. The third kappa shape index (κ3) is 3.00. The molecule has 2 aromatic rings. The van der Waals surface area contributed by atoms with Gasteiger partial charge in [0.1, 0.15) is 23.5 Å². The number of hydrogen-bond donors (Lipinski definition) is 1. The van der Waals surface area contributed by atoms with Crippen molar-refractivity contribution >= 4 is 29.6 Å². The van der Waals surface area contributed by atoms with E-state index in [1.54, 1.807) is 6.07 Å². The topological polar surface area (TPSA) is 47.9 Å². The monoisotopic (exact) mass is 386 g/mol. The minimum atomic E-state index is -1.12. The molecule has 3 heterocycles. The van der Waals surface area contributed by atoms with E-state index in [0.29, 0.717) is 22.5 Å². The molecule has 27 heavy (non-hydrogen) atoms. The Kier molecular flexibility index (Phi) is 4.22. The van der Waals surface area contributed by atoms with E-state index in [4.69, 9.17) is 14.0 Å². The molecule has 1 aromatic carbocycles. The van der Waals surface area contributed by atoms with Gasteiger partial charge in [0.15, 0.2) is 0 Å². The van der Waals surface area contributed by atoms with Gasteiger partial charge in [-0.25, -0.2) is 4.39 Å². The molecule has 4 nitrogen and oxygen atoms in total. The van der Waals surface area contributed by atoms with Crippen molar-refractivity contribution in [2.75, 3.05) is 0 Å². The molecule has 2 aliphatic rings. The highest BCUT2D eigenvalue weighted by Gasteiger charge is 2.54. The van der Waals surface area contributed by atoms with E-state index < -0.39 is 24.0 Å². The van der Waals surface area contributed by atoms with Gasteiger partial charge in [-0.05, 0) is 51.3 Å². The summed E-state index contributed by atoms with van der Waals surface area (Å²) in [5.41, 5.74) is -0.279. The second-order valence-electron chi connectivity index (χ2n) is 7.62. The number of phenols is 1. The van der Waals surface area contributed by atoms with Crippen molar-refractivity contribution in [3.05, 3.63) is 58.1 Å². The van der Waals surface area contributed by atoms with Crippen molar-refractivity contribution < 1.29 is 23.5 Å². The van der Waals surface area contributed by atoms with Crippen molar-refractivity contribution in [2.45, 2.75) is 38.9 Å². The van der Waals surface area contributed by atoms with Gasteiger partial charge < -0.3 is 19.2 Å². The summed E-state index contributed by atoms with van der Waals surface area (Å²) < 4.78 is 33.3. The predicted molar refractivity (Wildman–Crippen MR) is 105 cm³/mol. The average molecular weight is 386 g/mol. The Labute approximate surface area is 162 Å². The van der Waals surface area contributed by atoms with Crippen LogP contribution in [0.4, 0.5) is 4.39 Å². The highest BCUT2D eigenvalue weighted by Crippen LogP contribution is 2.47. The summed E-state index contributed by atoms with van der Waals surface area (Å²) in [5.74, 6) is 0.439. The molecule has 0 amide bonds. The summed E-state index contributed by atoms with van der Waals surface area (Å²) >= 11 is 1.49. The molecule has 0 atom stereocenters. The van der Waals surface area contributed by atoms with Crippen molar-refractivity contribution in [2.24, 2.45) is 0 Å². The summed E-state index contributed by atoms with van der Waals surface area (Å²) in [6.45, 7) is 7.54. The van der Waals surface area contributed by atoms with E-state index in [2.05, 4.69) is 0 Å². The zero-order valence-electron chi connectivity index (χ0n) is 15.6. The lowest BCUT2D eigenvalue weighted by Crippen LogP contribution is -2.41. The molecule has 1 saturated heterocycles. The van der Waals surface area contributed by atoms with Crippen molar-refractivity contribution in [1.82, 2.24) is 0 Å². The van der Waals surface area contributed by atoms with Gasteiger partial charge in [-0.1, -0.05) is 6.07 Å². The molecule has 1 fully saturated rings. The molecule has 2 aliphatic heterocycles. The van der Waals surface area contributed by atoms with Gasteiger partial charge in [0.25, 0.3) is 0 Å². The van der Waals surface area contributed by atoms with Crippen LogP contribution < -0.4 is 4.74 Å². The summed E-state index contributed by atoms with van der Waals surface area (Å²) in [4.78, 5) is 0.871. The molecular formula is C20H20BFO4S. The fourth-order valence-corrected chi connectivity index (χ4v) is 3.81. The largest absolute Gasteiger partial charge is 0.525 e. The number of aromatic hydroxyl groups is 1. The Bertz CT molecular complexity index is 931. The van der Waals surface area contributed by atoms with Crippen LogP contribution in [0.15, 0.2) is 47.7 Å². The number of hydrogen-bond acceptors (Lipinski definition) is 5. The first-order valence-corrected chi connectivity index (χ1v) is 9.57. The van der Waals surface area contributed by atoms with E-state index in [9.17, 15) is 5.11 Å². The third-order valence-electron chi connectivity index (χ3n) is 5.29. The Morgan fingerprint density at radius 3 is 2.44 bits per heavy atom. The van der Waals surface area contributed by atoms with Crippen LogP contribution in [0.3, 0.4) is 0 Å². The maximum atomic E-state index is 15.8. The smallest absolute Gasteiger partial charge is 0.508 e. The molecule has 140 valence electrons. The minimum absolute atomic E-state index is 0.0529. The van der Waals surface area contributed by atoms with Crippen LogP contribution in [-0.2, 0) is 9.31 Å². The Morgan fingerprint density at radius 1 is 1.11 bits per heavy atom. The average Bonchev–Trinajstić information content (AvgIpc) is 3.19. The fourth-order valence-electron chi connectivity index (χ4n) is 3.08. The summed E-state index contributed by atoms with van der Waals surface area (Å²) in [7, 11) is -1.12. The first-order valence-electron chi connectivity index (χ1n) is 8.69. The molecule has 1 N–H and O–H groups in total. The maximum absolute atomic E-state index is 15.8. The number of thiophene rings is 1. The van der Waals surface area contributed by atoms with Gasteiger partial charge in [-0.2, -0.15) is 0 Å². The van der Waals surface area contributed by atoms with Gasteiger partial charge in [0, 0.05) is 27.7 Å². The Balaban J connectivity index is 1.87. The first kappa shape index (κ1) is 18.3. The van der Waals surface area contributed by atoms with E-state index in [1.807, 2.05) is 45.2 Å². The van der Waals surface area contributed by atoms with Crippen LogP contribution in [0, 0.1) is 0 Å². The zero-order valence-corrected chi connectivity index (χ0v) is 16.4. The lowest BCUT2D eigenvalue weighted by Gasteiger charge is -2.32. The number of ether oxygens (including phenoxy) is 1. The highest BCUT2D eigenvalue weighted by molar-refractivity contribution is 7.11. The van der Waals surface area contributed by atoms with Crippen LogP contribution in [-0.4, -0.2) is 23.4 Å². The second kappa shape index (κ2) is 6.22. The highest BCUT2D eigenvalue weighted by atomic mass is 32.1. The van der Waals surface area contributed by atoms with Gasteiger partial charge in [0.05, 0.1) is 11.2 Å². The number of benzene rings is 1. The Hall–Kier alpha value is -2.09. The maximum Gasteiger partial charge on any atom is 0.525 e. The van der Waals surface area contributed by atoms with Gasteiger partial charge in [0.2, 0.25) is 0 Å². The molecule has 0 spiro atoms. The summed E-state index contributed by atoms with van der Waals surface area (Å²) in [6.07, 6.45) is 1.51. The lowest BCUT2D eigenvalue weighted by molar-refractivity contribution is 0.00578. The molecule has 0 saturated carbocycles. The van der Waals surface area contributed by atoms with Gasteiger partial charge in [-0.15, -0.1) is 11.3 Å². The molecule has 0 radical (unpaired) electrons. The van der Waals surface area contributed by atoms with E-state index in [-0.39, 0.29) is 5.75 Å². The number of fused-ring (bicyclic) bond motifs is 1. The van der Waals surface area contributed by atoms with Gasteiger partial charge in [-0.3, -0.25) is 0 Å². The lowest BCUT2D eigenvalue weighted by atomic mass is 9.79. The molecule has 7 heteroatoms. The van der Waals surface area contributed by atoms with Crippen molar-refractivity contribution in [1.29, 1.82) is 0 Å². The third-order valence-corrected chi connectivity index (χ3v) is 6.20. The van der Waals surface area contributed by atoms with Gasteiger partial charge >= 0.3 is 7.12 Å². The van der Waals surface area contributed by atoms with Crippen molar-refractivity contribution in [3.63, 3.8) is 0 Å². The molecular weight excluding hydrogens is 366 g/mol. The second-order valence-corrected chi connectivity index (χ2v) is 8.57.